The third-order valence-corrected chi connectivity index (χ3v) is 8.07. The van der Waals surface area contributed by atoms with Crippen LogP contribution in [-0.4, -0.2) is 41.5 Å². The average Bonchev–Trinajstić information content (AvgIpc) is 3.11. The summed E-state index contributed by atoms with van der Waals surface area (Å²) in [5.41, 5.74) is 3.77. The first kappa shape index (κ1) is 23.1. The van der Waals surface area contributed by atoms with Gasteiger partial charge in [0.15, 0.2) is 0 Å². The Morgan fingerprint density at radius 1 is 1.06 bits per heavy atom. The SMILES string of the molecule is Cc1nn(-c2ccccc2)c(C)c1CNC(=O)C1CCN(S(=O)(=O)c2ccc(F)cc2)CC1. The minimum absolute atomic E-state index is 0.0631. The quantitative estimate of drug-likeness (QED) is 0.599. The zero-order valence-corrected chi connectivity index (χ0v) is 19.5. The lowest BCUT2D eigenvalue weighted by Gasteiger charge is -2.30. The number of rotatable bonds is 6. The number of sulfonamides is 1. The van der Waals surface area contributed by atoms with Crippen molar-refractivity contribution >= 4 is 15.9 Å². The fourth-order valence-electron chi connectivity index (χ4n) is 4.19. The van der Waals surface area contributed by atoms with Gasteiger partial charge in [-0.2, -0.15) is 9.40 Å². The number of para-hydroxylation sites is 1. The minimum atomic E-state index is -3.69. The number of aryl methyl sites for hydroxylation is 1. The summed E-state index contributed by atoms with van der Waals surface area (Å²) in [6.45, 7) is 4.78. The Morgan fingerprint density at radius 2 is 1.70 bits per heavy atom. The number of halogens is 1. The second-order valence-electron chi connectivity index (χ2n) is 8.25. The average molecular weight is 471 g/mol. The van der Waals surface area contributed by atoms with Crippen LogP contribution in [0.1, 0.15) is 29.8 Å². The van der Waals surface area contributed by atoms with E-state index in [0.717, 1.165) is 34.8 Å². The van der Waals surface area contributed by atoms with Crippen molar-refractivity contribution < 1.29 is 17.6 Å². The Kier molecular flexibility index (Phi) is 6.62. The number of nitrogens with zero attached hydrogens (tertiary/aromatic N) is 3. The molecule has 1 aliphatic rings. The normalized spacial score (nSPS) is 15.5. The smallest absolute Gasteiger partial charge is 0.243 e. The van der Waals surface area contributed by atoms with Gasteiger partial charge < -0.3 is 5.32 Å². The first-order valence-electron chi connectivity index (χ1n) is 10.9. The van der Waals surface area contributed by atoms with Crippen molar-refractivity contribution in [3.8, 4) is 5.69 Å². The molecule has 0 spiro atoms. The van der Waals surface area contributed by atoms with Crippen LogP contribution in [0.25, 0.3) is 5.69 Å². The molecule has 33 heavy (non-hydrogen) atoms. The van der Waals surface area contributed by atoms with Gasteiger partial charge in [-0.25, -0.2) is 17.5 Å². The van der Waals surface area contributed by atoms with Gasteiger partial charge in [-0.15, -0.1) is 0 Å². The van der Waals surface area contributed by atoms with E-state index in [9.17, 15) is 17.6 Å². The Labute approximate surface area is 193 Å². The van der Waals surface area contributed by atoms with Crippen molar-refractivity contribution in [2.24, 2.45) is 5.92 Å². The largest absolute Gasteiger partial charge is 0.352 e. The summed E-state index contributed by atoms with van der Waals surface area (Å²) in [7, 11) is -3.69. The highest BCUT2D eigenvalue weighted by atomic mass is 32.2. The molecule has 1 fully saturated rings. The molecule has 1 aromatic heterocycles. The molecular formula is C24H27FN4O3S. The summed E-state index contributed by atoms with van der Waals surface area (Å²) in [5, 5.41) is 7.62. The van der Waals surface area contributed by atoms with Crippen LogP contribution in [0, 0.1) is 25.6 Å². The predicted molar refractivity (Wildman–Crippen MR) is 123 cm³/mol. The van der Waals surface area contributed by atoms with Crippen molar-refractivity contribution in [2.75, 3.05) is 13.1 Å². The van der Waals surface area contributed by atoms with Gasteiger partial charge in [0.05, 0.1) is 16.3 Å². The fraction of sp³-hybridized carbons (Fsp3) is 0.333. The molecular weight excluding hydrogens is 443 g/mol. The van der Waals surface area contributed by atoms with E-state index in [1.54, 1.807) is 0 Å². The van der Waals surface area contributed by atoms with Crippen molar-refractivity contribution in [3.63, 3.8) is 0 Å². The number of nitrogens with one attached hydrogen (secondary N) is 1. The van der Waals surface area contributed by atoms with Crippen LogP contribution in [-0.2, 0) is 21.4 Å². The summed E-state index contributed by atoms with van der Waals surface area (Å²) in [4.78, 5) is 12.8. The first-order chi connectivity index (χ1) is 15.8. The Morgan fingerprint density at radius 3 is 2.33 bits per heavy atom. The van der Waals surface area contributed by atoms with E-state index in [1.165, 1.54) is 16.4 Å². The number of hydrogen-bond acceptors (Lipinski definition) is 4. The van der Waals surface area contributed by atoms with Gasteiger partial charge in [-0.1, -0.05) is 18.2 Å². The molecule has 7 nitrogen and oxygen atoms in total. The molecule has 1 amide bonds. The summed E-state index contributed by atoms with van der Waals surface area (Å²) in [6, 6.07) is 14.6. The summed E-state index contributed by atoms with van der Waals surface area (Å²) in [5.74, 6) is -0.821. The van der Waals surface area contributed by atoms with E-state index in [1.807, 2.05) is 48.9 Å². The summed E-state index contributed by atoms with van der Waals surface area (Å²) in [6.07, 6.45) is 0.876. The van der Waals surface area contributed by atoms with Crippen molar-refractivity contribution in [1.29, 1.82) is 0 Å². The molecule has 1 N–H and O–H groups in total. The van der Waals surface area contributed by atoms with Gasteiger partial charge in [-0.3, -0.25) is 4.79 Å². The molecule has 0 unspecified atom stereocenters. The van der Waals surface area contributed by atoms with Crippen LogP contribution < -0.4 is 5.32 Å². The number of carbonyl (C=O) groups is 1. The molecule has 2 aromatic carbocycles. The zero-order chi connectivity index (χ0) is 23.6. The lowest BCUT2D eigenvalue weighted by Crippen LogP contribution is -2.42. The second kappa shape index (κ2) is 9.44. The molecule has 2 heterocycles. The molecule has 0 radical (unpaired) electrons. The molecule has 0 atom stereocenters. The maximum Gasteiger partial charge on any atom is 0.243 e. The second-order valence-corrected chi connectivity index (χ2v) is 10.2. The van der Waals surface area contributed by atoms with E-state index in [-0.39, 0.29) is 29.8 Å². The third kappa shape index (κ3) is 4.84. The van der Waals surface area contributed by atoms with E-state index in [0.29, 0.717) is 19.4 Å². The molecule has 1 aliphatic heterocycles. The Bertz CT molecular complexity index is 1230. The highest BCUT2D eigenvalue weighted by molar-refractivity contribution is 7.89. The van der Waals surface area contributed by atoms with Crippen molar-refractivity contribution in [2.45, 2.75) is 38.1 Å². The molecule has 1 saturated heterocycles. The number of hydrogen-bond donors (Lipinski definition) is 1. The first-order valence-corrected chi connectivity index (χ1v) is 12.4. The standard InChI is InChI=1S/C24H27FN4O3S/c1-17-23(18(2)29(27-17)21-6-4-3-5-7-21)16-26-24(30)19-12-14-28(15-13-19)33(31,32)22-10-8-20(25)9-11-22/h3-11,19H,12-16H2,1-2H3,(H,26,30). The van der Waals surface area contributed by atoms with Crippen LogP contribution in [0.3, 0.4) is 0 Å². The lowest BCUT2D eigenvalue weighted by molar-refractivity contribution is -0.126. The van der Waals surface area contributed by atoms with Gasteiger partial charge in [0.1, 0.15) is 5.82 Å². The van der Waals surface area contributed by atoms with Gasteiger partial charge in [-0.05, 0) is 63.1 Å². The van der Waals surface area contributed by atoms with Crippen LogP contribution in [0.5, 0.6) is 0 Å². The van der Waals surface area contributed by atoms with E-state index in [2.05, 4.69) is 10.4 Å². The number of piperidine rings is 1. The Hall–Kier alpha value is -3.04. The summed E-state index contributed by atoms with van der Waals surface area (Å²) >= 11 is 0. The molecule has 3 aromatic rings. The third-order valence-electron chi connectivity index (χ3n) is 6.16. The highest BCUT2D eigenvalue weighted by Gasteiger charge is 2.32. The maximum absolute atomic E-state index is 13.1. The fourth-order valence-corrected chi connectivity index (χ4v) is 5.65. The van der Waals surface area contributed by atoms with Crippen LogP contribution in [0.4, 0.5) is 4.39 Å². The van der Waals surface area contributed by atoms with Crippen molar-refractivity contribution in [3.05, 3.63) is 77.4 Å². The number of aromatic nitrogens is 2. The number of carbonyl (C=O) groups excluding carboxylic acids is 1. The van der Waals surface area contributed by atoms with E-state index >= 15 is 0 Å². The number of benzene rings is 2. The molecule has 9 heteroatoms. The molecule has 174 valence electrons. The van der Waals surface area contributed by atoms with Crippen LogP contribution >= 0.6 is 0 Å². The van der Waals surface area contributed by atoms with Gasteiger partial charge in [0.25, 0.3) is 0 Å². The molecule has 0 saturated carbocycles. The van der Waals surface area contributed by atoms with Crippen molar-refractivity contribution in [1.82, 2.24) is 19.4 Å². The number of amides is 1. The topological polar surface area (TPSA) is 84.3 Å². The molecule has 4 rings (SSSR count). The maximum atomic E-state index is 13.1. The predicted octanol–water partition coefficient (Wildman–Crippen LogP) is 3.35. The van der Waals surface area contributed by atoms with Gasteiger partial charge in [0.2, 0.25) is 15.9 Å². The van der Waals surface area contributed by atoms with E-state index < -0.39 is 15.8 Å². The zero-order valence-electron chi connectivity index (χ0n) is 18.7. The Balaban J connectivity index is 1.36. The minimum Gasteiger partial charge on any atom is -0.352 e. The summed E-state index contributed by atoms with van der Waals surface area (Å²) < 4.78 is 41.9. The monoisotopic (exact) mass is 470 g/mol. The molecule has 0 bridgehead atoms. The van der Waals surface area contributed by atoms with Gasteiger partial charge in [0, 0.05) is 36.8 Å². The van der Waals surface area contributed by atoms with E-state index in [4.69, 9.17) is 0 Å². The molecule has 0 aliphatic carbocycles. The lowest BCUT2D eigenvalue weighted by atomic mass is 9.97. The highest BCUT2D eigenvalue weighted by Crippen LogP contribution is 2.25. The van der Waals surface area contributed by atoms with Crippen LogP contribution in [0.2, 0.25) is 0 Å². The van der Waals surface area contributed by atoms with Crippen LogP contribution in [0.15, 0.2) is 59.5 Å². The van der Waals surface area contributed by atoms with Gasteiger partial charge >= 0.3 is 0 Å².